The summed E-state index contributed by atoms with van der Waals surface area (Å²) in [6.45, 7) is 1.81. The number of hydrogen-bond acceptors (Lipinski definition) is 2. The Morgan fingerprint density at radius 1 is 1.50 bits per heavy atom. The predicted molar refractivity (Wildman–Crippen MR) is 45.3 cm³/mol. The van der Waals surface area contributed by atoms with Crippen LogP contribution >= 0.6 is 0 Å². The molecule has 65 valence electrons. The van der Waals surface area contributed by atoms with E-state index >= 15 is 0 Å². The van der Waals surface area contributed by atoms with Gasteiger partial charge < -0.3 is 0 Å². The highest BCUT2D eigenvalue weighted by Gasteiger charge is 2.05. The Kier molecular flexibility index (Phi) is 2.49. The van der Waals surface area contributed by atoms with E-state index in [2.05, 4.69) is 6.07 Å². The maximum Gasteiger partial charge on any atom is 0.269 e. The topological polar surface area (TPSA) is 54.4 Å². The van der Waals surface area contributed by atoms with Crippen molar-refractivity contribution in [3.8, 4) is 0 Å². The smallest absolute Gasteiger partial charge is 0.269 e. The van der Waals surface area contributed by atoms with Crippen LogP contribution in [0.4, 0.5) is 0 Å². The summed E-state index contributed by atoms with van der Waals surface area (Å²) in [7, 11) is -3.93. The first-order chi connectivity index (χ1) is 5.47. The summed E-state index contributed by atoms with van der Waals surface area (Å²) in [6, 6.07) is 7.98. The molecule has 0 unspecified atom stereocenters. The SMILES string of the molecule is Cc1[c]c(CS(=O)(=O)O)ccc1. The summed E-state index contributed by atoms with van der Waals surface area (Å²) >= 11 is 0. The van der Waals surface area contributed by atoms with Crippen molar-refractivity contribution in [1.29, 1.82) is 0 Å². The molecular formula is C8H9O3S. The summed E-state index contributed by atoms with van der Waals surface area (Å²) in [5.41, 5.74) is 1.34. The van der Waals surface area contributed by atoms with E-state index in [1.165, 1.54) is 0 Å². The molecule has 3 nitrogen and oxygen atoms in total. The first kappa shape index (κ1) is 9.22. The van der Waals surface area contributed by atoms with Gasteiger partial charge >= 0.3 is 0 Å². The second-order valence-corrected chi connectivity index (χ2v) is 4.04. The highest BCUT2D eigenvalue weighted by molar-refractivity contribution is 7.85. The van der Waals surface area contributed by atoms with Crippen LogP contribution in [0.1, 0.15) is 11.1 Å². The quantitative estimate of drug-likeness (QED) is 0.704. The van der Waals surface area contributed by atoms with E-state index in [0.29, 0.717) is 5.56 Å². The highest BCUT2D eigenvalue weighted by Crippen LogP contribution is 2.05. The fourth-order valence-electron chi connectivity index (χ4n) is 0.926. The fourth-order valence-corrected chi connectivity index (χ4v) is 1.49. The van der Waals surface area contributed by atoms with E-state index in [4.69, 9.17) is 4.55 Å². The van der Waals surface area contributed by atoms with Gasteiger partial charge in [0.05, 0.1) is 0 Å². The molecule has 0 heterocycles. The molecule has 0 aromatic heterocycles. The van der Waals surface area contributed by atoms with Gasteiger partial charge in [0.1, 0.15) is 5.75 Å². The van der Waals surface area contributed by atoms with Crippen molar-refractivity contribution in [2.75, 3.05) is 0 Å². The van der Waals surface area contributed by atoms with Gasteiger partial charge in [0.25, 0.3) is 10.1 Å². The fraction of sp³-hybridized carbons (Fsp3) is 0.250. The third-order valence-corrected chi connectivity index (χ3v) is 2.02. The molecule has 1 aromatic rings. The van der Waals surface area contributed by atoms with E-state index in [1.807, 2.05) is 13.0 Å². The molecule has 12 heavy (non-hydrogen) atoms. The Hall–Kier alpha value is -0.870. The Balaban J connectivity index is 2.91. The monoisotopic (exact) mass is 185 g/mol. The number of aryl methyl sites for hydroxylation is 1. The lowest BCUT2D eigenvalue weighted by molar-refractivity contribution is 0.482. The molecular weight excluding hydrogens is 176 g/mol. The van der Waals surface area contributed by atoms with E-state index in [1.54, 1.807) is 12.1 Å². The van der Waals surface area contributed by atoms with Gasteiger partial charge in [-0.1, -0.05) is 18.2 Å². The molecule has 0 amide bonds. The van der Waals surface area contributed by atoms with Gasteiger partial charge in [0.2, 0.25) is 0 Å². The molecule has 1 aromatic carbocycles. The second kappa shape index (κ2) is 3.25. The van der Waals surface area contributed by atoms with Gasteiger partial charge in [0.15, 0.2) is 0 Å². The van der Waals surface area contributed by atoms with Crippen LogP contribution in [0.2, 0.25) is 0 Å². The highest BCUT2D eigenvalue weighted by atomic mass is 32.2. The number of hydrogen-bond donors (Lipinski definition) is 1. The molecule has 0 saturated carbocycles. The minimum atomic E-state index is -3.93. The summed E-state index contributed by atoms with van der Waals surface area (Å²) in [5, 5.41) is 0. The van der Waals surface area contributed by atoms with Crippen molar-refractivity contribution in [2.45, 2.75) is 12.7 Å². The standard InChI is InChI=1S/C8H9O3S/c1-7-3-2-4-8(5-7)6-12(9,10)11/h2-4H,6H2,1H3,(H,9,10,11). The molecule has 0 saturated heterocycles. The normalized spacial score (nSPS) is 11.5. The minimum absolute atomic E-state index is 0.366. The maximum absolute atomic E-state index is 10.4. The van der Waals surface area contributed by atoms with Gasteiger partial charge in [-0.15, -0.1) is 0 Å². The van der Waals surface area contributed by atoms with Crippen molar-refractivity contribution in [1.82, 2.24) is 0 Å². The van der Waals surface area contributed by atoms with Crippen LogP contribution in [0.3, 0.4) is 0 Å². The van der Waals surface area contributed by atoms with Gasteiger partial charge in [0, 0.05) is 0 Å². The molecule has 0 fully saturated rings. The van der Waals surface area contributed by atoms with Crippen LogP contribution in [0.15, 0.2) is 18.2 Å². The van der Waals surface area contributed by atoms with Crippen LogP contribution in [0.25, 0.3) is 0 Å². The molecule has 1 N–H and O–H groups in total. The summed E-state index contributed by atoms with van der Waals surface area (Å²) in [4.78, 5) is 0. The van der Waals surface area contributed by atoms with Crippen molar-refractivity contribution >= 4 is 10.1 Å². The summed E-state index contributed by atoms with van der Waals surface area (Å²) in [6.07, 6.45) is 0. The molecule has 1 rings (SSSR count). The molecule has 0 aliphatic carbocycles. The largest absolute Gasteiger partial charge is 0.285 e. The first-order valence-electron chi connectivity index (χ1n) is 3.40. The molecule has 0 bridgehead atoms. The Morgan fingerprint density at radius 2 is 2.17 bits per heavy atom. The average Bonchev–Trinajstić information content (AvgIpc) is 1.82. The average molecular weight is 185 g/mol. The van der Waals surface area contributed by atoms with Gasteiger partial charge in [-0.3, -0.25) is 4.55 Å². The number of rotatable bonds is 2. The molecule has 0 aliphatic rings. The maximum atomic E-state index is 10.4. The van der Waals surface area contributed by atoms with Crippen molar-refractivity contribution < 1.29 is 13.0 Å². The summed E-state index contributed by atoms with van der Waals surface area (Å²) in [5.74, 6) is -0.366. The zero-order chi connectivity index (χ0) is 9.19. The van der Waals surface area contributed by atoms with Gasteiger partial charge in [-0.25, -0.2) is 0 Å². The third kappa shape index (κ3) is 3.02. The van der Waals surface area contributed by atoms with E-state index in [0.717, 1.165) is 5.56 Å². The first-order valence-corrected chi connectivity index (χ1v) is 5.01. The van der Waals surface area contributed by atoms with E-state index < -0.39 is 10.1 Å². The van der Waals surface area contributed by atoms with Crippen molar-refractivity contribution in [2.24, 2.45) is 0 Å². The minimum Gasteiger partial charge on any atom is -0.285 e. The lowest BCUT2D eigenvalue weighted by Crippen LogP contribution is -2.01. The lowest BCUT2D eigenvalue weighted by atomic mass is 10.2. The van der Waals surface area contributed by atoms with E-state index in [9.17, 15) is 8.42 Å². The second-order valence-electron chi connectivity index (χ2n) is 2.59. The Bertz CT molecular complexity index is 368. The van der Waals surface area contributed by atoms with Crippen LogP contribution in [-0.2, 0) is 15.9 Å². The van der Waals surface area contributed by atoms with Crippen LogP contribution in [0.5, 0.6) is 0 Å². The molecule has 0 atom stereocenters. The van der Waals surface area contributed by atoms with Gasteiger partial charge in [-0.2, -0.15) is 8.42 Å². The van der Waals surface area contributed by atoms with Crippen LogP contribution in [-0.4, -0.2) is 13.0 Å². The molecule has 4 heteroatoms. The van der Waals surface area contributed by atoms with Gasteiger partial charge in [-0.05, 0) is 24.1 Å². The Morgan fingerprint density at radius 3 is 2.67 bits per heavy atom. The molecule has 1 radical (unpaired) electrons. The van der Waals surface area contributed by atoms with Crippen molar-refractivity contribution in [3.05, 3.63) is 35.4 Å². The third-order valence-electron chi connectivity index (χ3n) is 1.34. The van der Waals surface area contributed by atoms with Crippen LogP contribution < -0.4 is 0 Å². The predicted octanol–water partition coefficient (Wildman–Crippen LogP) is 1.18. The van der Waals surface area contributed by atoms with Crippen molar-refractivity contribution in [3.63, 3.8) is 0 Å². The zero-order valence-electron chi connectivity index (χ0n) is 6.61. The van der Waals surface area contributed by atoms with E-state index in [-0.39, 0.29) is 5.75 Å². The molecule has 0 aliphatic heterocycles. The molecule has 0 spiro atoms. The lowest BCUT2D eigenvalue weighted by Gasteiger charge is -1.97. The zero-order valence-corrected chi connectivity index (χ0v) is 7.43. The Labute approximate surface area is 71.8 Å². The summed E-state index contributed by atoms with van der Waals surface area (Å²) < 4.78 is 29.4. The number of benzene rings is 1. The van der Waals surface area contributed by atoms with Crippen LogP contribution in [0, 0.1) is 13.0 Å².